The first-order valence-electron chi connectivity index (χ1n) is 13.0. The standard InChI is InChI=1S/C29H32Cl3N3O2/c1-18-6-10-33-28-23(3-5-25(31)27(18)28)29(37)34-12-8-22(9-13-34)35-11-7-20(21(16-35)17-36)14-19-2-4-24(30)26(32)15-19/h2-6,10,15,20-22,36H,7-9,11-14,16-17H2,1H3/t20?,21-/m0/s1. The van der Waals surface area contributed by atoms with Gasteiger partial charge in [-0.15, -0.1) is 0 Å². The molecule has 196 valence electrons. The molecule has 2 saturated heterocycles. The minimum Gasteiger partial charge on any atom is -0.396 e. The van der Waals surface area contributed by atoms with Crippen LogP contribution in [0.2, 0.25) is 15.1 Å². The molecule has 0 bridgehead atoms. The number of amides is 1. The van der Waals surface area contributed by atoms with Gasteiger partial charge in [0.05, 0.1) is 26.1 Å². The lowest BCUT2D eigenvalue weighted by Crippen LogP contribution is -2.52. The Morgan fingerprint density at radius 2 is 1.73 bits per heavy atom. The summed E-state index contributed by atoms with van der Waals surface area (Å²) in [5, 5.41) is 12.8. The summed E-state index contributed by atoms with van der Waals surface area (Å²) in [6.07, 6.45) is 5.52. The minimum atomic E-state index is 0.0202. The van der Waals surface area contributed by atoms with Crippen molar-refractivity contribution in [3.05, 3.63) is 74.4 Å². The second-order valence-electron chi connectivity index (χ2n) is 10.4. The number of aliphatic hydroxyl groups is 1. The van der Waals surface area contributed by atoms with Gasteiger partial charge in [-0.1, -0.05) is 40.9 Å². The molecule has 2 aliphatic rings. The highest BCUT2D eigenvalue weighted by Gasteiger charge is 2.34. The van der Waals surface area contributed by atoms with Gasteiger partial charge in [0.15, 0.2) is 0 Å². The van der Waals surface area contributed by atoms with Crippen molar-refractivity contribution in [1.29, 1.82) is 0 Å². The zero-order valence-electron chi connectivity index (χ0n) is 21.0. The van der Waals surface area contributed by atoms with Gasteiger partial charge in [-0.05, 0) is 92.4 Å². The molecule has 1 amide bonds. The van der Waals surface area contributed by atoms with Gasteiger partial charge in [-0.25, -0.2) is 0 Å². The number of likely N-dealkylation sites (tertiary alicyclic amines) is 2. The van der Waals surface area contributed by atoms with Crippen molar-refractivity contribution in [2.75, 3.05) is 32.8 Å². The van der Waals surface area contributed by atoms with E-state index < -0.39 is 0 Å². The normalized spacial score (nSPS) is 21.5. The molecule has 0 aliphatic carbocycles. The number of carbonyl (C=O) groups excluding carboxylic acids is 1. The third-order valence-electron chi connectivity index (χ3n) is 8.19. The van der Waals surface area contributed by atoms with E-state index in [1.165, 1.54) is 0 Å². The summed E-state index contributed by atoms with van der Waals surface area (Å²) in [5.74, 6) is 0.652. The van der Waals surface area contributed by atoms with Crippen molar-refractivity contribution >= 4 is 51.6 Å². The second kappa shape index (κ2) is 11.5. The summed E-state index contributed by atoms with van der Waals surface area (Å²) in [5.41, 5.74) is 3.47. The molecule has 2 aromatic carbocycles. The highest BCUT2D eigenvalue weighted by molar-refractivity contribution is 6.42. The van der Waals surface area contributed by atoms with Crippen LogP contribution in [0.1, 0.15) is 40.7 Å². The van der Waals surface area contributed by atoms with Gasteiger partial charge in [0, 0.05) is 43.9 Å². The van der Waals surface area contributed by atoms with Crippen LogP contribution >= 0.6 is 34.8 Å². The Bertz CT molecular complexity index is 1280. The maximum Gasteiger partial charge on any atom is 0.256 e. The second-order valence-corrected chi connectivity index (χ2v) is 11.6. The molecular weight excluding hydrogens is 529 g/mol. The molecule has 2 atom stereocenters. The molecule has 1 aromatic heterocycles. The number of aromatic nitrogens is 1. The lowest BCUT2D eigenvalue weighted by Gasteiger charge is -2.44. The number of rotatable bonds is 5. The minimum absolute atomic E-state index is 0.0202. The molecule has 8 heteroatoms. The van der Waals surface area contributed by atoms with E-state index in [9.17, 15) is 9.90 Å². The van der Waals surface area contributed by atoms with Gasteiger partial charge < -0.3 is 10.0 Å². The summed E-state index contributed by atoms with van der Waals surface area (Å²) in [4.78, 5) is 22.4. The monoisotopic (exact) mass is 559 g/mol. The fourth-order valence-electron chi connectivity index (χ4n) is 6.05. The maximum atomic E-state index is 13.5. The molecule has 0 spiro atoms. The van der Waals surface area contributed by atoms with Crippen molar-refractivity contribution in [2.45, 2.75) is 38.6 Å². The average molecular weight is 561 g/mol. The lowest BCUT2D eigenvalue weighted by molar-refractivity contribution is 0.0242. The van der Waals surface area contributed by atoms with E-state index in [-0.39, 0.29) is 18.4 Å². The van der Waals surface area contributed by atoms with Crippen molar-refractivity contribution < 1.29 is 9.90 Å². The molecule has 2 aliphatic heterocycles. The maximum absolute atomic E-state index is 13.5. The largest absolute Gasteiger partial charge is 0.396 e. The van der Waals surface area contributed by atoms with Crippen LogP contribution in [-0.4, -0.2) is 64.6 Å². The van der Waals surface area contributed by atoms with E-state index in [1.807, 2.05) is 36.1 Å². The Morgan fingerprint density at radius 3 is 2.46 bits per heavy atom. The van der Waals surface area contributed by atoms with Crippen LogP contribution in [0.3, 0.4) is 0 Å². The Balaban J connectivity index is 1.20. The Labute approximate surface area is 233 Å². The van der Waals surface area contributed by atoms with E-state index >= 15 is 0 Å². The predicted octanol–water partition coefficient (Wildman–Crippen LogP) is 6.28. The topological polar surface area (TPSA) is 56.7 Å². The van der Waals surface area contributed by atoms with Crippen molar-refractivity contribution in [2.24, 2.45) is 11.8 Å². The summed E-state index contributed by atoms with van der Waals surface area (Å²) in [6, 6.07) is 11.8. The quantitative estimate of drug-likeness (QED) is 0.399. The Kier molecular flexibility index (Phi) is 8.28. The SMILES string of the molecule is Cc1ccnc2c(C(=O)N3CCC(N4CCC(Cc5ccc(Cl)c(Cl)c5)[C@H](CO)C4)CC3)ccc(Cl)c12. The molecule has 1 unspecified atom stereocenters. The number of hydrogen-bond acceptors (Lipinski definition) is 4. The molecule has 5 rings (SSSR count). The fourth-order valence-corrected chi connectivity index (χ4v) is 6.67. The third kappa shape index (κ3) is 5.62. The van der Waals surface area contributed by atoms with Crippen molar-refractivity contribution in [3.63, 3.8) is 0 Å². The molecule has 1 N–H and O–H groups in total. The van der Waals surface area contributed by atoms with E-state index in [4.69, 9.17) is 34.8 Å². The van der Waals surface area contributed by atoms with Gasteiger partial charge in [0.2, 0.25) is 0 Å². The van der Waals surface area contributed by atoms with Crippen molar-refractivity contribution in [3.8, 4) is 0 Å². The number of carbonyl (C=O) groups is 1. The number of benzene rings is 2. The van der Waals surface area contributed by atoms with Crippen LogP contribution in [0.15, 0.2) is 42.6 Å². The lowest BCUT2D eigenvalue weighted by atomic mass is 9.80. The van der Waals surface area contributed by atoms with Crippen LogP contribution < -0.4 is 0 Å². The van der Waals surface area contributed by atoms with E-state index in [2.05, 4.69) is 9.88 Å². The summed E-state index contributed by atoms with van der Waals surface area (Å²) < 4.78 is 0. The number of halogens is 3. The molecule has 2 fully saturated rings. The summed E-state index contributed by atoms with van der Waals surface area (Å²) >= 11 is 18.7. The number of hydrogen-bond donors (Lipinski definition) is 1. The van der Waals surface area contributed by atoms with Gasteiger partial charge in [0.1, 0.15) is 0 Å². The van der Waals surface area contributed by atoms with Gasteiger partial charge in [-0.2, -0.15) is 0 Å². The first-order chi connectivity index (χ1) is 17.9. The van der Waals surface area contributed by atoms with Gasteiger partial charge in [-0.3, -0.25) is 14.7 Å². The fraction of sp³-hybridized carbons (Fsp3) is 0.448. The predicted molar refractivity (Wildman–Crippen MR) is 151 cm³/mol. The highest BCUT2D eigenvalue weighted by Crippen LogP contribution is 2.33. The number of aliphatic hydroxyl groups excluding tert-OH is 1. The number of aryl methyl sites for hydroxylation is 1. The molecule has 5 nitrogen and oxygen atoms in total. The molecular formula is C29H32Cl3N3O2. The van der Waals surface area contributed by atoms with Crippen LogP contribution in [0.5, 0.6) is 0 Å². The third-order valence-corrected chi connectivity index (χ3v) is 9.24. The van der Waals surface area contributed by atoms with Crippen LogP contribution in [0.25, 0.3) is 10.9 Å². The highest BCUT2D eigenvalue weighted by atomic mass is 35.5. The number of fused-ring (bicyclic) bond motifs is 1. The van der Waals surface area contributed by atoms with E-state index in [0.717, 1.165) is 55.3 Å². The van der Waals surface area contributed by atoms with Gasteiger partial charge >= 0.3 is 0 Å². The van der Waals surface area contributed by atoms with Gasteiger partial charge in [0.25, 0.3) is 5.91 Å². The first-order valence-corrected chi connectivity index (χ1v) is 14.1. The molecule has 37 heavy (non-hydrogen) atoms. The zero-order chi connectivity index (χ0) is 26.1. The van der Waals surface area contributed by atoms with Crippen LogP contribution in [-0.2, 0) is 6.42 Å². The zero-order valence-corrected chi connectivity index (χ0v) is 23.2. The molecule has 0 radical (unpaired) electrons. The number of nitrogens with zero attached hydrogens (tertiary/aromatic N) is 3. The average Bonchev–Trinajstić information content (AvgIpc) is 2.91. The number of piperidine rings is 2. The van der Waals surface area contributed by atoms with Crippen molar-refractivity contribution in [1.82, 2.24) is 14.8 Å². The molecule has 0 saturated carbocycles. The summed E-state index contributed by atoms with van der Waals surface area (Å²) in [6.45, 7) is 5.48. The van der Waals surface area contributed by atoms with E-state index in [0.29, 0.717) is 51.2 Å². The Morgan fingerprint density at radius 1 is 0.973 bits per heavy atom. The smallest absolute Gasteiger partial charge is 0.256 e. The number of pyridine rings is 1. The molecule has 3 aromatic rings. The van der Waals surface area contributed by atoms with Crippen LogP contribution in [0, 0.1) is 18.8 Å². The van der Waals surface area contributed by atoms with E-state index in [1.54, 1.807) is 18.3 Å². The molecule has 3 heterocycles. The first kappa shape index (κ1) is 26.7. The Hall–Kier alpha value is -1.89. The summed E-state index contributed by atoms with van der Waals surface area (Å²) in [7, 11) is 0. The van der Waals surface area contributed by atoms with Crippen LogP contribution in [0.4, 0.5) is 0 Å².